The minimum atomic E-state index is -0.699. The zero-order valence-electron chi connectivity index (χ0n) is 9.22. The fourth-order valence-corrected chi connectivity index (χ4v) is 4.88. The van der Waals surface area contributed by atoms with Crippen molar-refractivity contribution in [1.82, 2.24) is 0 Å². The van der Waals surface area contributed by atoms with Gasteiger partial charge in [-0.3, -0.25) is 4.21 Å². The molecule has 16 heavy (non-hydrogen) atoms. The summed E-state index contributed by atoms with van der Waals surface area (Å²) in [7, 11) is -0.699. The summed E-state index contributed by atoms with van der Waals surface area (Å²) in [5.41, 5.74) is 6.82. The summed E-state index contributed by atoms with van der Waals surface area (Å²) < 4.78 is 11.8. The van der Waals surface area contributed by atoms with Gasteiger partial charge in [0.05, 0.1) is 0 Å². The average Bonchev–Trinajstić information content (AvgIpc) is 2.68. The van der Waals surface area contributed by atoms with E-state index in [4.69, 9.17) is 5.73 Å². The quantitative estimate of drug-likeness (QED) is 0.872. The maximum atomic E-state index is 11.8. The van der Waals surface area contributed by atoms with Gasteiger partial charge in [0.1, 0.15) is 0 Å². The Bertz CT molecular complexity index is 356. The van der Waals surface area contributed by atoms with Crippen LogP contribution in [0.25, 0.3) is 0 Å². The van der Waals surface area contributed by atoms with Gasteiger partial charge in [-0.15, -0.1) is 11.8 Å². The normalized spacial score (nSPS) is 20.7. The van der Waals surface area contributed by atoms with E-state index in [9.17, 15) is 4.21 Å². The van der Waals surface area contributed by atoms with Crippen LogP contribution in [0.3, 0.4) is 0 Å². The molecule has 0 amide bonds. The first-order valence-electron chi connectivity index (χ1n) is 5.59. The molecule has 4 heteroatoms. The summed E-state index contributed by atoms with van der Waals surface area (Å²) in [6.45, 7) is 0.643. The Morgan fingerprint density at radius 3 is 3.00 bits per heavy atom. The first kappa shape index (κ1) is 12.1. The smallest absolute Gasteiger partial charge is 0.0360 e. The minimum absolute atomic E-state index is 0.496. The molecule has 0 spiro atoms. The van der Waals surface area contributed by atoms with Gasteiger partial charge in [0.25, 0.3) is 0 Å². The van der Waals surface area contributed by atoms with Crippen molar-refractivity contribution in [2.75, 3.05) is 18.1 Å². The van der Waals surface area contributed by atoms with Crippen LogP contribution in [0, 0.1) is 0 Å². The van der Waals surface area contributed by atoms with Gasteiger partial charge in [-0.25, -0.2) is 0 Å². The molecule has 2 unspecified atom stereocenters. The highest BCUT2D eigenvalue weighted by Crippen LogP contribution is 2.36. The molecule has 2 nitrogen and oxygen atoms in total. The molecular formula is C12H17NOS2. The Balaban J connectivity index is 1.85. The molecule has 0 aliphatic carbocycles. The molecule has 0 saturated carbocycles. The van der Waals surface area contributed by atoms with Gasteiger partial charge >= 0.3 is 0 Å². The lowest BCUT2D eigenvalue weighted by Gasteiger charge is -2.07. The van der Waals surface area contributed by atoms with Crippen molar-refractivity contribution in [3.05, 3.63) is 29.8 Å². The maximum Gasteiger partial charge on any atom is 0.0360 e. The van der Waals surface area contributed by atoms with Crippen molar-refractivity contribution in [2.24, 2.45) is 5.73 Å². The van der Waals surface area contributed by atoms with E-state index in [2.05, 4.69) is 24.3 Å². The average molecular weight is 255 g/mol. The van der Waals surface area contributed by atoms with Gasteiger partial charge in [0.2, 0.25) is 0 Å². The van der Waals surface area contributed by atoms with Gasteiger partial charge in [0, 0.05) is 32.5 Å². The van der Waals surface area contributed by atoms with Gasteiger partial charge in [0.15, 0.2) is 0 Å². The molecule has 1 aliphatic heterocycles. The molecule has 2 N–H and O–H groups in total. The Morgan fingerprint density at radius 2 is 2.25 bits per heavy atom. The fraction of sp³-hybridized carbons (Fsp3) is 0.500. The summed E-state index contributed by atoms with van der Waals surface area (Å²) in [6.07, 6.45) is 1.94. The Hall–Kier alpha value is -0.320. The first-order valence-corrected chi connectivity index (χ1v) is 7.96. The van der Waals surface area contributed by atoms with E-state index in [1.54, 1.807) is 0 Å². The lowest BCUT2D eigenvalue weighted by molar-refractivity contribution is 0.678. The van der Waals surface area contributed by atoms with Crippen LogP contribution in [0.1, 0.15) is 12.0 Å². The second kappa shape index (κ2) is 5.84. The number of hydrogen-bond acceptors (Lipinski definition) is 3. The molecule has 1 aromatic rings. The predicted octanol–water partition coefficient (Wildman–Crippen LogP) is 1.80. The van der Waals surface area contributed by atoms with Crippen molar-refractivity contribution in [3.8, 4) is 0 Å². The summed E-state index contributed by atoms with van der Waals surface area (Å²) in [4.78, 5) is 1.36. The van der Waals surface area contributed by atoms with E-state index in [-0.39, 0.29) is 0 Å². The van der Waals surface area contributed by atoms with Crippen LogP contribution >= 0.6 is 11.8 Å². The van der Waals surface area contributed by atoms with Crippen molar-refractivity contribution < 1.29 is 4.21 Å². The number of thioether (sulfide) groups is 1. The van der Waals surface area contributed by atoms with Gasteiger partial charge in [-0.05, 0) is 31.0 Å². The van der Waals surface area contributed by atoms with Crippen molar-refractivity contribution in [1.29, 1.82) is 0 Å². The number of benzene rings is 1. The number of nitrogens with two attached hydrogens (primary N) is 1. The van der Waals surface area contributed by atoms with E-state index < -0.39 is 10.8 Å². The van der Waals surface area contributed by atoms with Gasteiger partial charge < -0.3 is 5.73 Å². The van der Waals surface area contributed by atoms with E-state index in [0.29, 0.717) is 11.8 Å². The second-order valence-corrected chi connectivity index (χ2v) is 6.97. The standard InChI is InChI=1S/C12H17NOS2/c13-6-3-7-16(14)9-11-8-10-4-1-2-5-12(10)15-11/h1-2,4-5,11H,3,6-9,13H2. The van der Waals surface area contributed by atoms with Gasteiger partial charge in [-0.1, -0.05) is 18.2 Å². The third-order valence-corrected chi connectivity index (χ3v) is 5.71. The number of rotatable bonds is 5. The molecule has 1 heterocycles. The summed E-state index contributed by atoms with van der Waals surface area (Å²) in [5.74, 6) is 1.56. The van der Waals surface area contributed by atoms with Crippen LogP contribution in [-0.2, 0) is 17.2 Å². The lowest BCUT2D eigenvalue weighted by Crippen LogP contribution is -2.16. The Labute approximate surface area is 103 Å². The third kappa shape index (κ3) is 3.09. The molecule has 1 aromatic carbocycles. The molecule has 2 rings (SSSR count). The highest BCUT2D eigenvalue weighted by molar-refractivity contribution is 8.01. The third-order valence-electron chi connectivity index (χ3n) is 2.66. The molecule has 0 aromatic heterocycles. The monoisotopic (exact) mass is 255 g/mol. The molecule has 0 radical (unpaired) electrons. The molecule has 0 fully saturated rings. The summed E-state index contributed by atoms with van der Waals surface area (Å²) in [6, 6.07) is 8.47. The zero-order chi connectivity index (χ0) is 11.4. The molecule has 1 aliphatic rings. The van der Waals surface area contributed by atoms with E-state index in [0.717, 1.165) is 24.3 Å². The molecule has 88 valence electrons. The van der Waals surface area contributed by atoms with Crippen LogP contribution < -0.4 is 5.73 Å². The SMILES string of the molecule is NCCCS(=O)CC1Cc2ccccc2S1. The topological polar surface area (TPSA) is 43.1 Å². The molecular weight excluding hydrogens is 238 g/mol. The molecule has 2 atom stereocenters. The van der Waals surface area contributed by atoms with E-state index in [1.807, 2.05) is 11.8 Å². The van der Waals surface area contributed by atoms with Crippen LogP contribution in [0.2, 0.25) is 0 Å². The van der Waals surface area contributed by atoms with Crippen LogP contribution in [0.5, 0.6) is 0 Å². The molecule has 0 saturated heterocycles. The second-order valence-electron chi connectivity index (χ2n) is 4.00. The first-order chi connectivity index (χ1) is 7.79. The van der Waals surface area contributed by atoms with Crippen LogP contribution in [0.15, 0.2) is 29.2 Å². The van der Waals surface area contributed by atoms with Crippen molar-refractivity contribution in [3.63, 3.8) is 0 Å². The molecule has 0 bridgehead atoms. The summed E-state index contributed by atoms with van der Waals surface area (Å²) >= 11 is 1.87. The highest BCUT2D eigenvalue weighted by Gasteiger charge is 2.23. The Kier molecular flexibility index (Phi) is 4.44. The van der Waals surface area contributed by atoms with Crippen LogP contribution in [-0.4, -0.2) is 27.5 Å². The van der Waals surface area contributed by atoms with Crippen molar-refractivity contribution in [2.45, 2.75) is 23.0 Å². The predicted molar refractivity (Wildman–Crippen MR) is 71.3 cm³/mol. The summed E-state index contributed by atoms with van der Waals surface area (Å²) in [5, 5.41) is 0.496. The van der Waals surface area contributed by atoms with E-state index in [1.165, 1.54) is 10.5 Å². The largest absolute Gasteiger partial charge is 0.330 e. The number of fused-ring (bicyclic) bond motifs is 1. The fourth-order valence-electron chi connectivity index (χ4n) is 1.88. The van der Waals surface area contributed by atoms with E-state index >= 15 is 0 Å². The lowest BCUT2D eigenvalue weighted by atomic mass is 10.1. The number of hydrogen-bond donors (Lipinski definition) is 1. The van der Waals surface area contributed by atoms with Crippen molar-refractivity contribution >= 4 is 22.6 Å². The van der Waals surface area contributed by atoms with Gasteiger partial charge in [-0.2, -0.15) is 0 Å². The maximum absolute atomic E-state index is 11.8. The highest BCUT2D eigenvalue weighted by atomic mass is 32.2. The van der Waals surface area contributed by atoms with Crippen LogP contribution in [0.4, 0.5) is 0 Å². The zero-order valence-corrected chi connectivity index (χ0v) is 10.9. The Morgan fingerprint density at radius 1 is 1.44 bits per heavy atom. The minimum Gasteiger partial charge on any atom is -0.330 e.